The summed E-state index contributed by atoms with van der Waals surface area (Å²) in [5, 5.41) is 11.6. The van der Waals surface area contributed by atoms with E-state index in [2.05, 4.69) is 21.6 Å². The normalized spacial score (nSPS) is 14.4. The van der Waals surface area contributed by atoms with Gasteiger partial charge >= 0.3 is 0 Å². The van der Waals surface area contributed by atoms with E-state index in [0.29, 0.717) is 17.5 Å². The Hall–Kier alpha value is -2.22. The highest BCUT2D eigenvalue weighted by Crippen LogP contribution is 2.24. The molecule has 1 aliphatic rings. The summed E-state index contributed by atoms with van der Waals surface area (Å²) >= 11 is 1.27. The van der Waals surface area contributed by atoms with Gasteiger partial charge in [-0.15, -0.1) is 10.2 Å². The Morgan fingerprint density at radius 1 is 1.44 bits per heavy atom. The first kappa shape index (κ1) is 17.6. The second-order valence-electron chi connectivity index (χ2n) is 6.06. The van der Waals surface area contributed by atoms with Crippen LogP contribution in [0.5, 0.6) is 0 Å². The molecule has 7 nitrogen and oxygen atoms in total. The van der Waals surface area contributed by atoms with Crippen LogP contribution in [-0.4, -0.2) is 33.1 Å². The zero-order valence-corrected chi connectivity index (χ0v) is 15.1. The molecule has 0 bridgehead atoms. The number of thioether (sulfide) groups is 1. The molecule has 3 rings (SSSR count). The van der Waals surface area contributed by atoms with Gasteiger partial charge in [0.15, 0.2) is 5.82 Å². The molecule has 0 aromatic carbocycles. The molecule has 2 aromatic rings. The third-order valence-electron chi connectivity index (χ3n) is 4.25. The zero-order chi connectivity index (χ0) is 17.6. The van der Waals surface area contributed by atoms with Crippen LogP contribution in [0.3, 0.4) is 0 Å². The van der Waals surface area contributed by atoms with Crippen LogP contribution in [0, 0.1) is 6.92 Å². The lowest BCUT2D eigenvalue weighted by atomic mass is 9.97. The van der Waals surface area contributed by atoms with Crippen molar-refractivity contribution >= 4 is 17.7 Å². The van der Waals surface area contributed by atoms with Crippen molar-refractivity contribution in [2.45, 2.75) is 44.2 Å². The molecule has 0 radical (unpaired) electrons. The number of amides is 1. The minimum Gasteiger partial charge on any atom is -0.469 e. The van der Waals surface area contributed by atoms with Gasteiger partial charge in [0.05, 0.1) is 17.6 Å². The predicted octanol–water partition coefficient (Wildman–Crippen LogP) is 2.66. The van der Waals surface area contributed by atoms with E-state index in [-0.39, 0.29) is 11.7 Å². The minimum absolute atomic E-state index is 0.0227. The molecule has 25 heavy (non-hydrogen) atoms. The van der Waals surface area contributed by atoms with Crippen LogP contribution in [0.4, 0.5) is 0 Å². The van der Waals surface area contributed by atoms with E-state index >= 15 is 0 Å². The van der Waals surface area contributed by atoms with E-state index < -0.39 is 0 Å². The molecule has 134 valence electrons. The summed E-state index contributed by atoms with van der Waals surface area (Å²) in [7, 11) is 0. The number of hydrogen-bond acceptors (Lipinski definition) is 6. The highest BCUT2D eigenvalue weighted by Gasteiger charge is 2.16. The van der Waals surface area contributed by atoms with E-state index in [1.54, 1.807) is 12.3 Å². The highest BCUT2D eigenvalue weighted by atomic mass is 32.2. The van der Waals surface area contributed by atoms with Gasteiger partial charge in [0.1, 0.15) is 5.76 Å². The molecule has 0 fully saturated rings. The Labute approximate surface area is 151 Å². The van der Waals surface area contributed by atoms with Gasteiger partial charge in [0, 0.05) is 6.54 Å². The minimum atomic E-state index is -0.0227. The van der Waals surface area contributed by atoms with Crippen molar-refractivity contribution < 1.29 is 9.21 Å². The third kappa shape index (κ3) is 4.45. The molecule has 2 heterocycles. The van der Waals surface area contributed by atoms with E-state index in [1.807, 2.05) is 6.92 Å². The Kier molecular flexibility index (Phi) is 5.80. The maximum atomic E-state index is 12.0. The molecule has 1 amide bonds. The van der Waals surface area contributed by atoms with Gasteiger partial charge in [0.2, 0.25) is 11.1 Å². The van der Waals surface area contributed by atoms with Gasteiger partial charge in [-0.2, -0.15) is 0 Å². The molecule has 0 aliphatic heterocycles. The SMILES string of the molecule is Cc1occc1-c1nnc(SCC(=O)NCCC2=CCCCC2)n1N. The molecule has 1 aliphatic carbocycles. The smallest absolute Gasteiger partial charge is 0.230 e. The van der Waals surface area contributed by atoms with Gasteiger partial charge in [-0.05, 0) is 45.1 Å². The van der Waals surface area contributed by atoms with Crippen molar-refractivity contribution in [3.05, 3.63) is 29.7 Å². The fourth-order valence-corrected chi connectivity index (χ4v) is 3.54. The summed E-state index contributed by atoms with van der Waals surface area (Å²) in [5.74, 6) is 7.53. The molecule has 2 aromatic heterocycles. The molecule has 0 atom stereocenters. The molecule has 3 N–H and O–H groups in total. The van der Waals surface area contributed by atoms with Crippen LogP contribution >= 0.6 is 11.8 Å². The van der Waals surface area contributed by atoms with Crippen LogP contribution < -0.4 is 11.2 Å². The van der Waals surface area contributed by atoms with Gasteiger partial charge in [-0.1, -0.05) is 23.4 Å². The number of aromatic nitrogens is 3. The van der Waals surface area contributed by atoms with Gasteiger partial charge < -0.3 is 15.6 Å². The fraction of sp³-hybridized carbons (Fsp3) is 0.471. The van der Waals surface area contributed by atoms with Crippen LogP contribution in [0.2, 0.25) is 0 Å². The summed E-state index contributed by atoms with van der Waals surface area (Å²) in [5.41, 5.74) is 2.26. The average Bonchev–Trinajstić information content (AvgIpc) is 3.19. The topological polar surface area (TPSA) is 99.0 Å². The summed E-state index contributed by atoms with van der Waals surface area (Å²) in [4.78, 5) is 12.0. The average molecular weight is 361 g/mol. The van der Waals surface area contributed by atoms with Crippen LogP contribution in [-0.2, 0) is 4.79 Å². The number of aryl methyl sites for hydroxylation is 1. The number of carbonyl (C=O) groups is 1. The molecule has 0 unspecified atom stereocenters. The first-order valence-corrected chi connectivity index (χ1v) is 9.46. The van der Waals surface area contributed by atoms with Crippen LogP contribution in [0.1, 0.15) is 37.9 Å². The Morgan fingerprint density at radius 3 is 3.04 bits per heavy atom. The zero-order valence-electron chi connectivity index (χ0n) is 14.3. The van der Waals surface area contributed by atoms with E-state index in [1.165, 1.54) is 41.3 Å². The lowest BCUT2D eigenvalue weighted by Gasteiger charge is -2.12. The summed E-state index contributed by atoms with van der Waals surface area (Å²) in [6.45, 7) is 2.52. The molecule has 0 saturated carbocycles. The fourth-order valence-electron chi connectivity index (χ4n) is 2.85. The van der Waals surface area contributed by atoms with Gasteiger partial charge in [0.25, 0.3) is 0 Å². The van der Waals surface area contributed by atoms with E-state index in [9.17, 15) is 4.79 Å². The number of nitrogens with one attached hydrogen (secondary N) is 1. The highest BCUT2D eigenvalue weighted by molar-refractivity contribution is 7.99. The van der Waals surface area contributed by atoms with Crippen molar-refractivity contribution in [3.8, 4) is 11.4 Å². The lowest BCUT2D eigenvalue weighted by molar-refractivity contribution is -0.118. The second-order valence-corrected chi connectivity index (χ2v) is 7.01. The van der Waals surface area contributed by atoms with Crippen molar-refractivity contribution in [1.29, 1.82) is 0 Å². The van der Waals surface area contributed by atoms with Crippen molar-refractivity contribution in [2.24, 2.45) is 0 Å². The number of nitrogens with two attached hydrogens (primary N) is 1. The summed E-state index contributed by atoms with van der Waals surface area (Å²) < 4.78 is 6.65. The maximum absolute atomic E-state index is 12.0. The Bertz CT molecular complexity index is 765. The van der Waals surface area contributed by atoms with Crippen LogP contribution in [0.25, 0.3) is 11.4 Å². The second kappa shape index (κ2) is 8.24. The molecule has 0 saturated heterocycles. The number of nitrogens with zero attached hydrogens (tertiary/aromatic N) is 3. The third-order valence-corrected chi connectivity index (χ3v) is 5.19. The van der Waals surface area contributed by atoms with E-state index in [4.69, 9.17) is 10.3 Å². The number of allylic oxidation sites excluding steroid dienone is 1. The number of hydrogen-bond donors (Lipinski definition) is 2. The quantitative estimate of drug-likeness (QED) is 0.447. The summed E-state index contributed by atoms with van der Waals surface area (Å²) in [6.07, 6.45) is 9.71. The number of carbonyl (C=O) groups excluding carboxylic acids is 1. The lowest BCUT2D eigenvalue weighted by Crippen LogP contribution is -2.27. The molecule has 8 heteroatoms. The number of nitrogen functional groups attached to an aromatic ring is 1. The number of furan rings is 1. The standard InChI is InChI=1S/C17H23N5O2S/c1-12-14(8-10-24-12)16-20-21-17(22(16)18)25-11-15(23)19-9-7-13-5-3-2-4-6-13/h5,8,10H,2-4,6-7,9,11,18H2,1H3,(H,19,23). The predicted molar refractivity (Wildman–Crippen MR) is 97.5 cm³/mol. The van der Waals surface area contributed by atoms with Crippen molar-refractivity contribution in [3.63, 3.8) is 0 Å². The molecular weight excluding hydrogens is 338 g/mol. The first-order valence-electron chi connectivity index (χ1n) is 8.47. The summed E-state index contributed by atoms with van der Waals surface area (Å²) in [6, 6.07) is 1.80. The monoisotopic (exact) mass is 361 g/mol. The van der Waals surface area contributed by atoms with Crippen molar-refractivity contribution in [1.82, 2.24) is 20.2 Å². The van der Waals surface area contributed by atoms with Crippen molar-refractivity contribution in [2.75, 3.05) is 18.1 Å². The maximum Gasteiger partial charge on any atom is 0.230 e. The number of rotatable bonds is 7. The van der Waals surface area contributed by atoms with E-state index in [0.717, 1.165) is 24.2 Å². The Morgan fingerprint density at radius 2 is 2.32 bits per heavy atom. The van der Waals surface area contributed by atoms with Gasteiger partial charge in [-0.3, -0.25) is 4.79 Å². The molecular formula is C17H23N5O2S. The largest absolute Gasteiger partial charge is 0.469 e. The van der Waals surface area contributed by atoms with Crippen LogP contribution in [0.15, 0.2) is 33.6 Å². The molecule has 0 spiro atoms. The Balaban J connectivity index is 1.47. The first-order chi connectivity index (χ1) is 12.1. The van der Waals surface area contributed by atoms with Gasteiger partial charge in [-0.25, -0.2) is 4.68 Å².